The number of carbonyl (C=O) groups excluding carboxylic acids is 2. The number of benzene rings is 1. The van der Waals surface area contributed by atoms with Crippen molar-refractivity contribution in [2.24, 2.45) is 5.92 Å². The van der Waals surface area contributed by atoms with E-state index in [9.17, 15) is 14.0 Å². The molecular weight excluding hydrogens is 297 g/mol. The molecule has 0 saturated carbocycles. The summed E-state index contributed by atoms with van der Waals surface area (Å²) in [7, 11) is 0. The van der Waals surface area contributed by atoms with Crippen LogP contribution < -0.4 is 5.32 Å². The molecule has 1 amide bonds. The lowest BCUT2D eigenvalue weighted by Gasteiger charge is -2.13. The third-order valence-corrected chi connectivity index (χ3v) is 3.51. The van der Waals surface area contributed by atoms with Gasteiger partial charge in [0.25, 0.3) is 0 Å². The van der Waals surface area contributed by atoms with Gasteiger partial charge in [0.2, 0.25) is 5.91 Å². The SMILES string of the molecule is CCCCC(CC)COC(=O)/C=C/C(=O)Nc1ccccc1F. The van der Waals surface area contributed by atoms with E-state index in [-0.39, 0.29) is 5.69 Å². The van der Waals surface area contributed by atoms with Crippen LogP contribution in [-0.2, 0) is 14.3 Å². The maximum absolute atomic E-state index is 13.4. The number of amides is 1. The van der Waals surface area contributed by atoms with Gasteiger partial charge < -0.3 is 10.1 Å². The van der Waals surface area contributed by atoms with Gasteiger partial charge in [0, 0.05) is 12.2 Å². The summed E-state index contributed by atoms with van der Waals surface area (Å²) in [6.45, 7) is 4.54. The monoisotopic (exact) mass is 321 g/mol. The van der Waals surface area contributed by atoms with Gasteiger partial charge in [0.1, 0.15) is 5.82 Å². The number of carbonyl (C=O) groups is 2. The van der Waals surface area contributed by atoms with Crippen LogP contribution in [-0.4, -0.2) is 18.5 Å². The van der Waals surface area contributed by atoms with Crippen molar-refractivity contribution in [1.82, 2.24) is 0 Å². The number of para-hydroxylation sites is 1. The number of nitrogens with one attached hydrogen (secondary N) is 1. The summed E-state index contributed by atoms with van der Waals surface area (Å²) in [5.74, 6) is -1.33. The molecular formula is C18H24FNO3. The first-order valence-corrected chi connectivity index (χ1v) is 7.97. The Morgan fingerprint density at radius 1 is 1.26 bits per heavy atom. The normalized spacial score (nSPS) is 12.1. The molecule has 1 atom stereocenters. The third-order valence-electron chi connectivity index (χ3n) is 3.51. The average molecular weight is 321 g/mol. The highest BCUT2D eigenvalue weighted by atomic mass is 19.1. The molecule has 0 aliphatic heterocycles. The fourth-order valence-corrected chi connectivity index (χ4v) is 2.03. The Balaban J connectivity index is 2.39. The van der Waals surface area contributed by atoms with Crippen molar-refractivity contribution >= 4 is 17.6 Å². The first kappa shape index (κ1) is 18.9. The molecule has 0 fully saturated rings. The summed E-state index contributed by atoms with van der Waals surface area (Å²) in [5.41, 5.74) is 0.0705. The van der Waals surface area contributed by atoms with Crippen molar-refractivity contribution in [2.45, 2.75) is 39.5 Å². The van der Waals surface area contributed by atoms with E-state index in [0.29, 0.717) is 12.5 Å². The van der Waals surface area contributed by atoms with Gasteiger partial charge in [-0.05, 0) is 24.5 Å². The highest BCUT2D eigenvalue weighted by Gasteiger charge is 2.09. The lowest BCUT2D eigenvalue weighted by Crippen LogP contribution is -2.14. The molecule has 1 unspecified atom stereocenters. The van der Waals surface area contributed by atoms with E-state index in [1.807, 2.05) is 0 Å². The van der Waals surface area contributed by atoms with Crippen LogP contribution in [0, 0.1) is 11.7 Å². The van der Waals surface area contributed by atoms with Crippen molar-refractivity contribution < 1.29 is 18.7 Å². The Hall–Kier alpha value is -2.17. The Morgan fingerprint density at radius 2 is 2.00 bits per heavy atom. The topological polar surface area (TPSA) is 55.4 Å². The molecule has 0 heterocycles. The summed E-state index contributed by atoms with van der Waals surface area (Å²) >= 11 is 0. The van der Waals surface area contributed by atoms with Gasteiger partial charge in [-0.25, -0.2) is 9.18 Å². The molecule has 4 nitrogen and oxygen atoms in total. The zero-order chi connectivity index (χ0) is 17.1. The number of esters is 1. The molecule has 126 valence electrons. The minimum Gasteiger partial charge on any atom is -0.462 e. The number of anilines is 1. The van der Waals surface area contributed by atoms with E-state index in [1.54, 1.807) is 6.07 Å². The van der Waals surface area contributed by atoms with Gasteiger partial charge in [-0.1, -0.05) is 45.2 Å². The van der Waals surface area contributed by atoms with Gasteiger partial charge in [0.15, 0.2) is 0 Å². The van der Waals surface area contributed by atoms with Crippen molar-refractivity contribution in [3.8, 4) is 0 Å². The van der Waals surface area contributed by atoms with Crippen molar-refractivity contribution in [3.63, 3.8) is 0 Å². The molecule has 5 heteroatoms. The maximum atomic E-state index is 13.4. The summed E-state index contributed by atoms with van der Waals surface area (Å²) in [5, 5.41) is 2.36. The second kappa shape index (κ2) is 10.5. The predicted molar refractivity (Wildman–Crippen MR) is 88.4 cm³/mol. The smallest absolute Gasteiger partial charge is 0.330 e. The molecule has 1 aromatic rings. The second-order valence-electron chi connectivity index (χ2n) is 5.35. The van der Waals surface area contributed by atoms with Crippen molar-refractivity contribution in [3.05, 3.63) is 42.2 Å². The Labute approximate surface area is 136 Å². The Bertz CT molecular complexity index is 543. The van der Waals surface area contributed by atoms with Gasteiger partial charge in [-0.2, -0.15) is 0 Å². The second-order valence-corrected chi connectivity index (χ2v) is 5.35. The lowest BCUT2D eigenvalue weighted by atomic mass is 10.0. The molecule has 0 radical (unpaired) electrons. The zero-order valence-corrected chi connectivity index (χ0v) is 13.7. The number of rotatable bonds is 9. The molecule has 0 aliphatic carbocycles. The minimum atomic E-state index is -0.579. The molecule has 0 bridgehead atoms. The van der Waals surface area contributed by atoms with E-state index < -0.39 is 17.7 Å². The van der Waals surface area contributed by atoms with Crippen LogP contribution in [0.3, 0.4) is 0 Å². The molecule has 1 N–H and O–H groups in total. The number of hydrogen-bond acceptors (Lipinski definition) is 3. The van der Waals surface area contributed by atoms with Crippen LogP contribution in [0.1, 0.15) is 39.5 Å². The number of ether oxygens (including phenoxy) is 1. The first-order valence-electron chi connectivity index (χ1n) is 7.97. The van der Waals surface area contributed by atoms with Gasteiger partial charge in [0.05, 0.1) is 12.3 Å². The fourth-order valence-electron chi connectivity index (χ4n) is 2.03. The molecule has 1 aromatic carbocycles. The van der Waals surface area contributed by atoms with Crippen LogP contribution >= 0.6 is 0 Å². The van der Waals surface area contributed by atoms with E-state index >= 15 is 0 Å². The van der Waals surface area contributed by atoms with Gasteiger partial charge in [-0.15, -0.1) is 0 Å². The number of halogens is 1. The highest BCUT2D eigenvalue weighted by molar-refractivity contribution is 6.02. The van der Waals surface area contributed by atoms with Crippen LogP contribution in [0.5, 0.6) is 0 Å². The number of hydrogen-bond donors (Lipinski definition) is 1. The van der Waals surface area contributed by atoms with Gasteiger partial charge >= 0.3 is 5.97 Å². The van der Waals surface area contributed by atoms with Crippen LogP contribution in [0.15, 0.2) is 36.4 Å². The molecule has 0 spiro atoms. The van der Waals surface area contributed by atoms with Gasteiger partial charge in [-0.3, -0.25) is 4.79 Å². The third kappa shape index (κ3) is 7.58. The predicted octanol–water partition coefficient (Wildman–Crippen LogP) is 4.08. The van der Waals surface area contributed by atoms with E-state index in [1.165, 1.54) is 18.2 Å². The summed E-state index contributed by atoms with van der Waals surface area (Å²) < 4.78 is 18.5. The largest absolute Gasteiger partial charge is 0.462 e. The standard InChI is InChI=1S/C18H24FNO3/c1-3-5-8-14(4-2)13-23-18(22)12-11-17(21)20-16-10-7-6-9-15(16)19/h6-7,9-12,14H,3-5,8,13H2,1-2H3,(H,20,21)/b12-11+. The fraction of sp³-hybridized carbons (Fsp3) is 0.444. The molecule has 0 aromatic heterocycles. The quantitative estimate of drug-likeness (QED) is 0.551. The molecule has 0 saturated heterocycles. The average Bonchev–Trinajstić information content (AvgIpc) is 2.55. The van der Waals surface area contributed by atoms with Crippen LogP contribution in [0.2, 0.25) is 0 Å². The van der Waals surface area contributed by atoms with Crippen molar-refractivity contribution in [1.29, 1.82) is 0 Å². The summed E-state index contributed by atoms with van der Waals surface area (Å²) in [4.78, 5) is 23.2. The molecule has 0 aliphatic rings. The van der Waals surface area contributed by atoms with Crippen LogP contribution in [0.25, 0.3) is 0 Å². The van der Waals surface area contributed by atoms with E-state index in [4.69, 9.17) is 4.74 Å². The van der Waals surface area contributed by atoms with E-state index in [0.717, 1.165) is 37.8 Å². The summed E-state index contributed by atoms with van der Waals surface area (Å²) in [6, 6.07) is 5.83. The minimum absolute atomic E-state index is 0.0705. The highest BCUT2D eigenvalue weighted by Crippen LogP contribution is 2.13. The maximum Gasteiger partial charge on any atom is 0.330 e. The van der Waals surface area contributed by atoms with Crippen molar-refractivity contribution in [2.75, 3.05) is 11.9 Å². The molecule has 23 heavy (non-hydrogen) atoms. The summed E-state index contributed by atoms with van der Waals surface area (Å²) in [6.07, 6.45) is 6.30. The number of unbranched alkanes of at least 4 members (excludes halogenated alkanes) is 1. The van der Waals surface area contributed by atoms with Crippen LogP contribution in [0.4, 0.5) is 10.1 Å². The first-order chi connectivity index (χ1) is 11.1. The Kier molecular flexibility index (Phi) is 8.65. The Morgan fingerprint density at radius 3 is 2.65 bits per heavy atom. The molecule has 1 rings (SSSR count). The van der Waals surface area contributed by atoms with E-state index in [2.05, 4.69) is 19.2 Å². The zero-order valence-electron chi connectivity index (χ0n) is 13.7. The lowest BCUT2D eigenvalue weighted by molar-refractivity contribution is -0.139.